The molecule has 3 nitrogen and oxygen atoms in total. The Morgan fingerprint density at radius 1 is 1.46 bits per heavy atom. The Morgan fingerprint density at radius 2 is 2.23 bits per heavy atom. The van der Waals surface area contributed by atoms with Gasteiger partial charge in [0.2, 0.25) is 0 Å². The van der Waals surface area contributed by atoms with Crippen LogP contribution < -0.4 is 0 Å². The van der Waals surface area contributed by atoms with Crippen LogP contribution in [0.4, 0.5) is 0 Å². The minimum Gasteiger partial charge on any atom is -0.460 e. The zero-order valence-electron chi connectivity index (χ0n) is 8.16. The van der Waals surface area contributed by atoms with E-state index in [2.05, 4.69) is 13.1 Å². The molecule has 0 aromatic carbocycles. The molecule has 0 radical (unpaired) electrons. The monoisotopic (exact) mass is 200 g/mol. The lowest BCUT2D eigenvalue weighted by Gasteiger charge is -2.16. The van der Waals surface area contributed by atoms with Crippen molar-refractivity contribution in [1.29, 1.82) is 0 Å². The van der Waals surface area contributed by atoms with Crippen LogP contribution in [0.15, 0.2) is 0 Å². The molecule has 1 heterocycles. The maximum absolute atomic E-state index is 11.4. The zero-order valence-corrected chi connectivity index (χ0v) is 9.31. The topological polar surface area (TPSA) is 35.5 Å². The maximum Gasteiger partial charge on any atom is 0.334 e. The van der Waals surface area contributed by atoms with E-state index in [9.17, 15) is 4.79 Å². The van der Waals surface area contributed by atoms with Crippen molar-refractivity contribution in [3.05, 3.63) is 0 Å². The average Bonchev–Trinajstić information content (AvgIpc) is 2.55. The second-order valence-corrected chi connectivity index (χ2v) is 6.55. The maximum atomic E-state index is 11.4. The van der Waals surface area contributed by atoms with Gasteiger partial charge in [0.25, 0.3) is 0 Å². The molecule has 74 valence electrons. The molecule has 2 rings (SSSR count). The Kier molecular flexibility index (Phi) is 2.42. The number of esters is 1. The first-order valence-corrected chi connectivity index (χ1v) is 7.82. The van der Waals surface area contributed by atoms with Gasteiger partial charge in [0.05, 0.1) is 0 Å². The normalized spacial score (nSPS) is 38.1. The lowest BCUT2D eigenvalue weighted by Crippen LogP contribution is -2.30. The Labute approximate surface area is 80.1 Å². The van der Waals surface area contributed by atoms with Crippen LogP contribution in [0.2, 0.25) is 13.1 Å². The molecule has 2 fully saturated rings. The summed E-state index contributed by atoms with van der Waals surface area (Å²) < 4.78 is 11.0. The van der Waals surface area contributed by atoms with Crippen molar-refractivity contribution >= 4 is 15.0 Å². The fourth-order valence-corrected chi connectivity index (χ4v) is 3.19. The lowest BCUT2D eigenvalue weighted by atomic mass is 10.0. The van der Waals surface area contributed by atoms with Crippen LogP contribution in [0, 0.1) is 5.92 Å². The number of carbonyl (C=O) groups is 1. The highest BCUT2D eigenvalue weighted by Gasteiger charge is 2.47. The van der Waals surface area contributed by atoms with Crippen molar-refractivity contribution in [1.82, 2.24) is 0 Å². The van der Waals surface area contributed by atoms with Crippen LogP contribution in [0.1, 0.15) is 19.3 Å². The molecule has 0 spiro atoms. The molecule has 0 aromatic heterocycles. The quantitative estimate of drug-likeness (QED) is 0.494. The van der Waals surface area contributed by atoms with Gasteiger partial charge in [-0.05, 0) is 32.4 Å². The number of carbonyl (C=O) groups excluding carboxylic acids is 1. The van der Waals surface area contributed by atoms with Gasteiger partial charge in [-0.3, -0.25) is 0 Å². The fourth-order valence-electron chi connectivity index (χ4n) is 2.29. The first-order chi connectivity index (χ1) is 6.18. The molecular weight excluding hydrogens is 184 g/mol. The van der Waals surface area contributed by atoms with Crippen molar-refractivity contribution in [2.75, 3.05) is 0 Å². The predicted molar refractivity (Wildman–Crippen MR) is 51.0 cm³/mol. The van der Waals surface area contributed by atoms with Gasteiger partial charge in [-0.2, -0.15) is 0 Å². The van der Waals surface area contributed by atoms with Gasteiger partial charge in [0.1, 0.15) is 12.2 Å². The van der Waals surface area contributed by atoms with Crippen molar-refractivity contribution < 1.29 is 14.0 Å². The molecule has 0 bridgehead atoms. The Hall–Kier alpha value is -0.353. The first-order valence-electron chi connectivity index (χ1n) is 5.04. The molecule has 3 unspecified atom stereocenters. The number of hydrogen-bond acceptors (Lipinski definition) is 3. The second-order valence-electron chi connectivity index (χ2n) is 4.18. The van der Waals surface area contributed by atoms with E-state index in [1.807, 2.05) is 0 Å². The van der Waals surface area contributed by atoms with Crippen molar-refractivity contribution in [2.45, 2.75) is 44.6 Å². The third-order valence-electron chi connectivity index (χ3n) is 2.81. The first kappa shape index (κ1) is 9.21. The van der Waals surface area contributed by atoms with Crippen molar-refractivity contribution in [2.24, 2.45) is 5.92 Å². The smallest absolute Gasteiger partial charge is 0.334 e. The van der Waals surface area contributed by atoms with Crippen LogP contribution in [0.5, 0.6) is 0 Å². The van der Waals surface area contributed by atoms with Crippen molar-refractivity contribution in [3.8, 4) is 0 Å². The minimum absolute atomic E-state index is 0.115. The van der Waals surface area contributed by atoms with Crippen LogP contribution in [-0.4, -0.2) is 27.2 Å². The molecule has 1 aliphatic carbocycles. The predicted octanol–water partition coefficient (Wildman–Crippen LogP) is 1.08. The summed E-state index contributed by atoms with van der Waals surface area (Å²) in [5.74, 6) is 0.248. The second kappa shape index (κ2) is 3.42. The molecule has 13 heavy (non-hydrogen) atoms. The largest absolute Gasteiger partial charge is 0.460 e. The summed E-state index contributed by atoms with van der Waals surface area (Å²) >= 11 is 0. The molecule has 2 aliphatic rings. The molecule has 0 amide bonds. The SMILES string of the molecule is C[SiH](C)OC1C(=O)OC2CCCC21. The van der Waals surface area contributed by atoms with Crippen molar-refractivity contribution in [3.63, 3.8) is 0 Å². The summed E-state index contributed by atoms with van der Waals surface area (Å²) in [6.45, 7) is 4.19. The highest BCUT2D eigenvalue weighted by molar-refractivity contribution is 6.48. The molecule has 1 saturated carbocycles. The van der Waals surface area contributed by atoms with Gasteiger partial charge in [-0.25, -0.2) is 4.79 Å². The molecule has 1 aliphatic heterocycles. The average molecular weight is 200 g/mol. The summed E-state index contributed by atoms with van der Waals surface area (Å²) in [6, 6.07) is 0. The summed E-state index contributed by atoms with van der Waals surface area (Å²) in [5.41, 5.74) is 0. The molecule has 0 aromatic rings. The van der Waals surface area contributed by atoms with E-state index >= 15 is 0 Å². The van der Waals surface area contributed by atoms with E-state index in [0.29, 0.717) is 5.92 Å². The third kappa shape index (κ3) is 1.65. The highest BCUT2D eigenvalue weighted by atomic mass is 28.3. The van der Waals surface area contributed by atoms with E-state index in [4.69, 9.17) is 9.16 Å². The summed E-state index contributed by atoms with van der Waals surface area (Å²) in [4.78, 5) is 11.4. The third-order valence-corrected chi connectivity index (χ3v) is 3.65. The van der Waals surface area contributed by atoms with Gasteiger partial charge in [0.15, 0.2) is 9.04 Å². The minimum atomic E-state index is -1.11. The standard InChI is InChI=1S/C9H16O3Si/c1-13(2)12-8-6-4-3-5-7(6)11-9(8)10/h6-8,13H,3-5H2,1-2H3. The lowest BCUT2D eigenvalue weighted by molar-refractivity contribution is -0.146. The van der Waals surface area contributed by atoms with E-state index in [1.165, 1.54) is 6.42 Å². The summed E-state index contributed by atoms with van der Waals surface area (Å²) in [5, 5.41) is 0. The van der Waals surface area contributed by atoms with E-state index in [1.54, 1.807) is 0 Å². The van der Waals surface area contributed by atoms with Crippen LogP contribution in [0.25, 0.3) is 0 Å². The Morgan fingerprint density at radius 3 is 2.92 bits per heavy atom. The van der Waals surface area contributed by atoms with Gasteiger partial charge in [-0.15, -0.1) is 0 Å². The molecule has 1 saturated heterocycles. The highest BCUT2D eigenvalue weighted by Crippen LogP contribution is 2.38. The Balaban J connectivity index is 2.04. The van der Waals surface area contributed by atoms with Crippen LogP contribution >= 0.6 is 0 Å². The summed E-state index contributed by atoms with van der Waals surface area (Å²) in [7, 11) is -1.11. The Bertz CT molecular complexity index is 217. The van der Waals surface area contributed by atoms with Gasteiger partial charge < -0.3 is 9.16 Å². The fraction of sp³-hybridized carbons (Fsp3) is 0.889. The van der Waals surface area contributed by atoms with Gasteiger partial charge in [-0.1, -0.05) is 0 Å². The van der Waals surface area contributed by atoms with Crippen LogP contribution in [-0.2, 0) is 14.0 Å². The molecule has 0 N–H and O–H groups in total. The number of ether oxygens (including phenoxy) is 1. The molecule has 3 atom stereocenters. The van der Waals surface area contributed by atoms with E-state index in [0.717, 1.165) is 12.8 Å². The molecular formula is C9H16O3Si. The zero-order chi connectivity index (χ0) is 9.42. The number of rotatable bonds is 2. The number of fused-ring (bicyclic) bond motifs is 1. The molecule has 4 heteroatoms. The summed E-state index contributed by atoms with van der Waals surface area (Å²) in [6.07, 6.45) is 3.27. The number of hydrogen-bond donors (Lipinski definition) is 0. The van der Waals surface area contributed by atoms with Gasteiger partial charge >= 0.3 is 5.97 Å². The van der Waals surface area contributed by atoms with Gasteiger partial charge in [0, 0.05) is 5.92 Å². The van der Waals surface area contributed by atoms with Crippen LogP contribution in [0.3, 0.4) is 0 Å². The van der Waals surface area contributed by atoms with E-state index < -0.39 is 9.04 Å². The van der Waals surface area contributed by atoms with E-state index in [-0.39, 0.29) is 18.2 Å².